The molecule has 32 heavy (non-hydrogen) atoms. The summed E-state index contributed by atoms with van der Waals surface area (Å²) in [5.74, 6) is 2.30. The van der Waals surface area contributed by atoms with Gasteiger partial charge in [-0.3, -0.25) is 4.99 Å². The van der Waals surface area contributed by atoms with E-state index >= 15 is 0 Å². The number of anilines is 3. The number of aromatic nitrogens is 2. The third kappa shape index (κ3) is 5.22. The molecule has 1 aromatic carbocycles. The third-order valence-electron chi connectivity index (χ3n) is 6.91. The number of nitrogens with two attached hydrogens (primary N) is 1. The van der Waals surface area contributed by atoms with Crippen molar-refractivity contribution in [2.24, 2.45) is 4.99 Å². The summed E-state index contributed by atoms with van der Waals surface area (Å²) in [6.07, 6.45) is 11.2. The van der Waals surface area contributed by atoms with E-state index in [1.54, 1.807) is 0 Å². The molecule has 0 atom stereocenters. The fraction of sp³-hybridized carbons (Fsp3) is 0.577. The van der Waals surface area contributed by atoms with Crippen LogP contribution in [-0.4, -0.2) is 35.3 Å². The number of rotatable bonds is 6. The fourth-order valence-corrected chi connectivity index (χ4v) is 5.23. The molecule has 2 heterocycles. The van der Waals surface area contributed by atoms with Crippen LogP contribution in [0.25, 0.3) is 0 Å². The van der Waals surface area contributed by atoms with E-state index in [-0.39, 0.29) is 0 Å². The summed E-state index contributed by atoms with van der Waals surface area (Å²) in [7, 11) is 0. The maximum atomic E-state index is 6.53. The van der Waals surface area contributed by atoms with Gasteiger partial charge in [0, 0.05) is 42.8 Å². The Morgan fingerprint density at radius 3 is 2.53 bits per heavy atom. The van der Waals surface area contributed by atoms with Gasteiger partial charge in [-0.05, 0) is 88.8 Å². The number of hydrogen-bond acceptors (Lipinski definition) is 6. The molecule has 4 rings (SSSR count). The summed E-state index contributed by atoms with van der Waals surface area (Å²) in [6, 6.07) is 7.05. The summed E-state index contributed by atoms with van der Waals surface area (Å²) >= 11 is 0. The smallest absolute Gasteiger partial charge is 0.130 e. The van der Waals surface area contributed by atoms with Gasteiger partial charge in [-0.1, -0.05) is 6.92 Å². The lowest BCUT2D eigenvalue weighted by atomic mass is 9.80. The van der Waals surface area contributed by atoms with Gasteiger partial charge in [0.15, 0.2) is 0 Å². The van der Waals surface area contributed by atoms with Crippen LogP contribution < -0.4 is 16.0 Å². The van der Waals surface area contributed by atoms with Crippen LogP contribution in [0.5, 0.6) is 0 Å². The number of aliphatic imine (C=N–C) groups is 1. The molecule has 2 fully saturated rings. The molecule has 1 aromatic heterocycles. The highest BCUT2D eigenvalue weighted by molar-refractivity contribution is 5.78. The standard InChI is InChI=1S/C26H38N6/c1-4-20-15-25(30-18(3)29-20)31-21-11-9-19(10-12-21)23-16-22(32-13-7-6-8-14-32)17-24(27)26(23)28-5-2/h5,15-17,19,21H,4,6-14,27H2,1-3H3,(H,29,30,31). The second-order valence-electron chi connectivity index (χ2n) is 9.25. The van der Waals surface area contributed by atoms with Gasteiger partial charge in [0.2, 0.25) is 0 Å². The van der Waals surface area contributed by atoms with Gasteiger partial charge >= 0.3 is 0 Å². The zero-order valence-electron chi connectivity index (χ0n) is 19.9. The minimum absolute atomic E-state index is 0.450. The zero-order chi connectivity index (χ0) is 22.5. The molecule has 3 N–H and O–H groups in total. The highest BCUT2D eigenvalue weighted by Crippen LogP contribution is 2.43. The molecular weight excluding hydrogens is 396 g/mol. The molecule has 0 bridgehead atoms. The van der Waals surface area contributed by atoms with Crippen LogP contribution in [0.4, 0.5) is 22.9 Å². The Hall–Kier alpha value is -2.63. The van der Waals surface area contributed by atoms with E-state index in [1.165, 1.54) is 30.5 Å². The third-order valence-corrected chi connectivity index (χ3v) is 6.91. The molecule has 172 valence electrons. The van der Waals surface area contributed by atoms with E-state index in [0.29, 0.717) is 12.0 Å². The van der Waals surface area contributed by atoms with E-state index in [2.05, 4.69) is 50.3 Å². The van der Waals surface area contributed by atoms with Gasteiger partial charge in [0.1, 0.15) is 11.6 Å². The van der Waals surface area contributed by atoms with Gasteiger partial charge in [-0.2, -0.15) is 0 Å². The van der Waals surface area contributed by atoms with Gasteiger partial charge in [-0.25, -0.2) is 9.97 Å². The molecule has 0 amide bonds. The SMILES string of the molecule is CC=Nc1c(N)cc(N2CCCCC2)cc1C1CCC(Nc2cc(CC)nc(C)n2)CC1. The van der Waals surface area contributed by atoms with Crippen molar-refractivity contribution in [2.75, 3.05) is 29.0 Å². The molecule has 0 spiro atoms. The summed E-state index contributed by atoms with van der Waals surface area (Å²) in [5.41, 5.74) is 12.0. The largest absolute Gasteiger partial charge is 0.397 e. The lowest BCUT2D eigenvalue weighted by Crippen LogP contribution is -2.30. The van der Waals surface area contributed by atoms with Gasteiger partial charge in [-0.15, -0.1) is 0 Å². The van der Waals surface area contributed by atoms with Crippen LogP contribution in [0.3, 0.4) is 0 Å². The number of hydrogen-bond donors (Lipinski definition) is 2. The Labute approximate surface area is 192 Å². The van der Waals surface area contributed by atoms with Crippen molar-refractivity contribution in [1.29, 1.82) is 0 Å². The molecule has 2 aromatic rings. The topological polar surface area (TPSA) is 79.4 Å². The van der Waals surface area contributed by atoms with E-state index < -0.39 is 0 Å². The summed E-state index contributed by atoms with van der Waals surface area (Å²) in [5, 5.41) is 3.67. The van der Waals surface area contributed by atoms with Gasteiger partial charge in [0.25, 0.3) is 0 Å². The monoisotopic (exact) mass is 434 g/mol. The number of piperidine rings is 1. The summed E-state index contributed by atoms with van der Waals surface area (Å²) < 4.78 is 0. The first kappa shape index (κ1) is 22.6. The van der Waals surface area contributed by atoms with Crippen molar-refractivity contribution in [3.63, 3.8) is 0 Å². The van der Waals surface area contributed by atoms with E-state index in [4.69, 9.17) is 5.73 Å². The molecule has 2 aliphatic rings. The van der Waals surface area contributed by atoms with Gasteiger partial charge < -0.3 is 16.0 Å². The van der Waals surface area contributed by atoms with Crippen molar-refractivity contribution < 1.29 is 0 Å². The summed E-state index contributed by atoms with van der Waals surface area (Å²) in [4.78, 5) is 16.3. The maximum absolute atomic E-state index is 6.53. The molecule has 0 radical (unpaired) electrons. The number of benzene rings is 1. The van der Waals surface area contributed by atoms with Crippen LogP contribution in [0, 0.1) is 6.92 Å². The molecular formula is C26H38N6. The number of aryl methyl sites for hydroxylation is 2. The Bertz CT molecular complexity index is 940. The van der Waals surface area contributed by atoms with Crippen LogP contribution in [-0.2, 0) is 6.42 Å². The van der Waals surface area contributed by atoms with E-state index in [9.17, 15) is 0 Å². The quantitative estimate of drug-likeness (QED) is 0.445. The predicted octanol–water partition coefficient (Wildman–Crippen LogP) is 5.78. The van der Waals surface area contributed by atoms with Gasteiger partial charge in [0.05, 0.1) is 11.4 Å². The first-order valence-corrected chi connectivity index (χ1v) is 12.4. The minimum atomic E-state index is 0.450. The summed E-state index contributed by atoms with van der Waals surface area (Å²) in [6.45, 7) is 8.33. The van der Waals surface area contributed by atoms with E-state index in [0.717, 1.165) is 73.9 Å². The van der Waals surface area contributed by atoms with Crippen molar-refractivity contribution in [2.45, 2.75) is 84.1 Å². The van der Waals surface area contributed by atoms with Crippen molar-refractivity contribution in [3.05, 3.63) is 35.3 Å². The Morgan fingerprint density at radius 1 is 1.09 bits per heavy atom. The zero-order valence-corrected chi connectivity index (χ0v) is 19.9. The van der Waals surface area contributed by atoms with Crippen molar-refractivity contribution in [1.82, 2.24) is 9.97 Å². The molecule has 6 heteroatoms. The Kier molecular flexibility index (Phi) is 7.28. The molecule has 1 aliphatic carbocycles. The fourth-order valence-electron chi connectivity index (χ4n) is 5.23. The number of nitrogens with zero attached hydrogens (tertiary/aromatic N) is 4. The predicted molar refractivity (Wildman–Crippen MR) is 136 cm³/mol. The van der Waals surface area contributed by atoms with Crippen LogP contribution in [0.1, 0.15) is 81.8 Å². The number of nitrogen functional groups attached to an aromatic ring is 1. The normalized spacial score (nSPS) is 21.8. The Balaban J connectivity index is 1.49. The minimum Gasteiger partial charge on any atom is -0.397 e. The lowest BCUT2D eigenvalue weighted by Gasteiger charge is -2.33. The highest BCUT2D eigenvalue weighted by Gasteiger charge is 2.26. The first-order chi connectivity index (χ1) is 15.6. The molecule has 1 aliphatic heterocycles. The average Bonchev–Trinajstić information content (AvgIpc) is 2.81. The highest BCUT2D eigenvalue weighted by atomic mass is 15.1. The maximum Gasteiger partial charge on any atom is 0.130 e. The molecule has 1 saturated carbocycles. The number of nitrogens with one attached hydrogen (secondary N) is 1. The molecule has 0 unspecified atom stereocenters. The van der Waals surface area contributed by atoms with E-state index in [1.807, 2.05) is 20.1 Å². The Morgan fingerprint density at radius 2 is 1.84 bits per heavy atom. The van der Waals surface area contributed by atoms with Crippen LogP contribution in [0.2, 0.25) is 0 Å². The van der Waals surface area contributed by atoms with Crippen molar-refractivity contribution in [3.8, 4) is 0 Å². The molecule has 6 nitrogen and oxygen atoms in total. The van der Waals surface area contributed by atoms with Crippen LogP contribution >= 0.6 is 0 Å². The van der Waals surface area contributed by atoms with Crippen molar-refractivity contribution >= 4 is 29.1 Å². The van der Waals surface area contributed by atoms with Crippen LogP contribution in [0.15, 0.2) is 23.2 Å². The lowest BCUT2D eigenvalue weighted by molar-refractivity contribution is 0.412. The molecule has 1 saturated heterocycles. The second kappa shape index (κ2) is 10.3. The average molecular weight is 435 g/mol. The first-order valence-electron chi connectivity index (χ1n) is 12.4. The second-order valence-corrected chi connectivity index (χ2v) is 9.25.